The summed E-state index contributed by atoms with van der Waals surface area (Å²) in [7, 11) is 0. The van der Waals surface area contributed by atoms with E-state index in [2.05, 4.69) is 10.3 Å². The van der Waals surface area contributed by atoms with E-state index in [-0.39, 0.29) is 6.42 Å². The number of benzene rings is 1. The summed E-state index contributed by atoms with van der Waals surface area (Å²) in [5, 5.41) is 17.4. The molecule has 0 saturated carbocycles. The summed E-state index contributed by atoms with van der Waals surface area (Å²) in [6, 6.07) is 3.95. The number of nitrogens with zero attached hydrogens (tertiary/aromatic N) is 3. The molecule has 2 rings (SSSR count). The van der Waals surface area contributed by atoms with E-state index in [1.54, 1.807) is 24.4 Å². The zero-order valence-corrected chi connectivity index (χ0v) is 11.1. The zero-order chi connectivity index (χ0) is 14.0. The standard InChI is InChI=1S/C11H10Cl2N4O2/c12-6-1-2-10(8(13)3-6)17-5-7(15-16-17)4-9(14)11(18)19/h1-3,5,9H,4,14H2,(H,18,19). The summed E-state index contributed by atoms with van der Waals surface area (Å²) in [6.45, 7) is 0. The molecule has 0 saturated heterocycles. The Kier molecular flexibility index (Phi) is 4.04. The molecular weight excluding hydrogens is 291 g/mol. The first-order chi connectivity index (χ1) is 8.97. The Bertz CT molecular complexity index is 614. The second kappa shape index (κ2) is 5.56. The molecule has 1 aromatic heterocycles. The number of rotatable bonds is 4. The summed E-state index contributed by atoms with van der Waals surface area (Å²) in [5.74, 6) is -1.08. The summed E-state index contributed by atoms with van der Waals surface area (Å²) in [4.78, 5) is 10.7. The average Bonchev–Trinajstić information content (AvgIpc) is 2.77. The van der Waals surface area contributed by atoms with Gasteiger partial charge in [0.25, 0.3) is 0 Å². The number of aliphatic carboxylic acids is 1. The highest BCUT2D eigenvalue weighted by Gasteiger charge is 2.15. The Morgan fingerprint density at radius 2 is 2.21 bits per heavy atom. The number of hydrogen-bond donors (Lipinski definition) is 2. The van der Waals surface area contributed by atoms with Crippen molar-refractivity contribution in [1.82, 2.24) is 15.0 Å². The first-order valence-electron chi connectivity index (χ1n) is 5.32. The molecule has 0 amide bonds. The second-order valence-electron chi connectivity index (χ2n) is 3.90. The van der Waals surface area contributed by atoms with Crippen LogP contribution in [0.15, 0.2) is 24.4 Å². The molecule has 0 fully saturated rings. The van der Waals surface area contributed by atoms with Gasteiger partial charge in [-0.05, 0) is 18.2 Å². The van der Waals surface area contributed by atoms with Crippen LogP contribution >= 0.6 is 23.2 Å². The first-order valence-corrected chi connectivity index (χ1v) is 6.08. The molecule has 0 radical (unpaired) electrons. The third kappa shape index (κ3) is 3.23. The summed E-state index contributed by atoms with van der Waals surface area (Å²) in [6.07, 6.45) is 1.68. The van der Waals surface area contributed by atoms with Crippen molar-refractivity contribution < 1.29 is 9.90 Å². The topological polar surface area (TPSA) is 94.0 Å². The van der Waals surface area contributed by atoms with E-state index >= 15 is 0 Å². The maximum absolute atomic E-state index is 10.7. The fourth-order valence-electron chi connectivity index (χ4n) is 1.49. The Hall–Kier alpha value is -1.63. The molecule has 3 N–H and O–H groups in total. The molecule has 0 aliphatic heterocycles. The van der Waals surface area contributed by atoms with E-state index in [4.69, 9.17) is 34.0 Å². The van der Waals surface area contributed by atoms with Crippen molar-refractivity contribution in [2.45, 2.75) is 12.5 Å². The first kappa shape index (κ1) is 13.8. The van der Waals surface area contributed by atoms with Gasteiger partial charge in [-0.25, -0.2) is 4.68 Å². The molecule has 100 valence electrons. The Balaban J connectivity index is 2.23. The zero-order valence-electron chi connectivity index (χ0n) is 9.62. The van der Waals surface area contributed by atoms with Crippen LogP contribution in [-0.2, 0) is 11.2 Å². The summed E-state index contributed by atoms with van der Waals surface area (Å²) < 4.78 is 1.45. The Morgan fingerprint density at radius 3 is 2.84 bits per heavy atom. The number of carboxylic acid groups (broad SMARTS) is 1. The molecule has 1 unspecified atom stereocenters. The molecule has 19 heavy (non-hydrogen) atoms. The maximum atomic E-state index is 10.7. The number of hydrogen-bond acceptors (Lipinski definition) is 4. The minimum Gasteiger partial charge on any atom is -0.480 e. The Morgan fingerprint density at radius 1 is 1.47 bits per heavy atom. The van der Waals surface area contributed by atoms with Gasteiger partial charge in [-0.1, -0.05) is 28.4 Å². The summed E-state index contributed by atoms with van der Waals surface area (Å²) in [5.41, 5.74) is 6.50. The van der Waals surface area contributed by atoms with Gasteiger partial charge in [-0.3, -0.25) is 4.79 Å². The van der Waals surface area contributed by atoms with Gasteiger partial charge in [0.15, 0.2) is 0 Å². The molecule has 1 aromatic carbocycles. The van der Waals surface area contributed by atoms with Gasteiger partial charge in [0, 0.05) is 11.4 Å². The molecule has 0 aliphatic carbocycles. The van der Waals surface area contributed by atoms with Crippen molar-refractivity contribution in [1.29, 1.82) is 0 Å². The van der Waals surface area contributed by atoms with Crippen LogP contribution in [0, 0.1) is 0 Å². The highest BCUT2D eigenvalue weighted by molar-refractivity contribution is 6.35. The fraction of sp³-hybridized carbons (Fsp3) is 0.182. The molecule has 0 spiro atoms. The van der Waals surface area contributed by atoms with Gasteiger partial charge in [-0.2, -0.15) is 0 Å². The highest BCUT2D eigenvalue weighted by atomic mass is 35.5. The summed E-state index contributed by atoms with van der Waals surface area (Å²) >= 11 is 11.8. The molecule has 1 atom stereocenters. The van der Waals surface area contributed by atoms with Crippen LogP contribution < -0.4 is 5.73 Å². The van der Waals surface area contributed by atoms with Gasteiger partial charge in [0.1, 0.15) is 6.04 Å². The van der Waals surface area contributed by atoms with Crippen molar-refractivity contribution >= 4 is 29.2 Å². The van der Waals surface area contributed by atoms with Gasteiger partial charge in [0.2, 0.25) is 0 Å². The molecular formula is C11H10Cl2N4O2. The maximum Gasteiger partial charge on any atom is 0.320 e. The van der Waals surface area contributed by atoms with Crippen molar-refractivity contribution in [3.8, 4) is 5.69 Å². The minimum atomic E-state index is -1.08. The molecule has 6 nitrogen and oxygen atoms in total. The predicted octanol–water partition coefficient (Wildman–Crippen LogP) is 1.53. The molecule has 0 aliphatic rings. The molecule has 1 heterocycles. The van der Waals surface area contributed by atoms with Crippen molar-refractivity contribution in [3.05, 3.63) is 40.1 Å². The van der Waals surface area contributed by atoms with E-state index < -0.39 is 12.0 Å². The van der Waals surface area contributed by atoms with Crippen molar-refractivity contribution in [3.63, 3.8) is 0 Å². The van der Waals surface area contributed by atoms with Crippen LogP contribution in [0.25, 0.3) is 5.69 Å². The van der Waals surface area contributed by atoms with Crippen LogP contribution in [0.3, 0.4) is 0 Å². The third-order valence-corrected chi connectivity index (χ3v) is 2.98. The average molecular weight is 301 g/mol. The highest BCUT2D eigenvalue weighted by Crippen LogP contribution is 2.23. The normalized spacial score (nSPS) is 12.4. The lowest BCUT2D eigenvalue weighted by Crippen LogP contribution is -2.32. The van der Waals surface area contributed by atoms with E-state index in [0.29, 0.717) is 21.4 Å². The predicted molar refractivity (Wildman–Crippen MR) is 70.7 cm³/mol. The number of carbonyl (C=O) groups is 1. The number of nitrogens with two attached hydrogens (primary N) is 1. The minimum absolute atomic E-state index is 0.0978. The smallest absolute Gasteiger partial charge is 0.320 e. The van der Waals surface area contributed by atoms with Gasteiger partial charge >= 0.3 is 5.97 Å². The number of aromatic nitrogens is 3. The van der Waals surface area contributed by atoms with E-state index in [0.717, 1.165) is 0 Å². The molecule has 2 aromatic rings. The lowest BCUT2D eigenvalue weighted by Gasteiger charge is -2.03. The van der Waals surface area contributed by atoms with Gasteiger partial charge in [0.05, 0.1) is 22.6 Å². The van der Waals surface area contributed by atoms with Crippen LogP contribution in [0.2, 0.25) is 10.0 Å². The largest absolute Gasteiger partial charge is 0.480 e. The number of carboxylic acids is 1. The molecule has 8 heteroatoms. The second-order valence-corrected chi connectivity index (χ2v) is 4.74. The molecule has 0 bridgehead atoms. The lowest BCUT2D eigenvalue weighted by atomic mass is 10.2. The quantitative estimate of drug-likeness (QED) is 0.893. The van der Waals surface area contributed by atoms with Crippen molar-refractivity contribution in [2.24, 2.45) is 5.73 Å². The van der Waals surface area contributed by atoms with Crippen LogP contribution in [0.4, 0.5) is 0 Å². The van der Waals surface area contributed by atoms with E-state index in [1.807, 2.05) is 0 Å². The van der Waals surface area contributed by atoms with Gasteiger partial charge < -0.3 is 10.8 Å². The fourth-order valence-corrected chi connectivity index (χ4v) is 1.98. The monoisotopic (exact) mass is 300 g/mol. The SMILES string of the molecule is NC(Cc1cn(-c2ccc(Cl)cc2Cl)nn1)C(=O)O. The van der Waals surface area contributed by atoms with Gasteiger partial charge in [-0.15, -0.1) is 5.10 Å². The Labute approximate surface area is 118 Å². The van der Waals surface area contributed by atoms with Crippen LogP contribution in [0.1, 0.15) is 5.69 Å². The number of halogens is 2. The van der Waals surface area contributed by atoms with Crippen molar-refractivity contribution in [2.75, 3.05) is 0 Å². The van der Waals surface area contributed by atoms with Crippen LogP contribution in [0.5, 0.6) is 0 Å². The van der Waals surface area contributed by atoms with Crippen LogP contribution in [-0.4, -0.2) is 32.1 Å². The van der Waals surface area contributed by atoms with E-state index in [1.165, 1.54) is 4.68 Å². The lowest BCUT2D eigenvalue weighted by molar-refractivity contribution is -0.138. The van der Waals surface area contributed by atoms with E-state index in [9.17, 15) is 4.79 Å². The third-order valence-electron chi connectivity index (χ3n) is 2.44.